The van der Waals surface area contributed by atoms with Gasteiger partial charge in [0.2, 0.25) is 0 Å². The van der Waals surface area contributed by atoms with Gasteiger partial charge in [0.05, 0.1) is 5.71 Å². The molecule has 2 aromatic rings. The molecule has 7 heteroatoms. The van der Waals surface area contributed by atoms with E-state index in [1.807, 2.05) is 24.3 Å². The van der Waals surface area contributed by atoms with Gasteiger partial charge >= 0.3 is 6.09 Å². The lowest BCUT2D eigenvalue weighted by Crippen LogP contribution is -2.45. The highest BCUT2D eigenvalue weighted by atomic mass is 127. The second-order valence-corrected chi connectivity index (χ2v) is 10.5. The summed E-state index contributed by atoms with van der Waals surface area (Å²) < 4.78 is 1.11. The number of hydrogen-bond donors (Lipinski definition) is 1. The number of hydrogen-bond acceptors (Lipinski definition) is 5. The monoisotopic (exact) mass is 533 g/mol. The zero-order chi connectivity index (χ0) is 22.1. The Hall–Kier alpha value is -2.13. The van der Waals surface area contributed by atoms with Gasteiger partial charge < -0.3 is 9.68 Å². The zero-order valence-electron chi connectivity index (χ0n) is 18.2. The largest absolute Gasteiger partial charge is 0.430 e. The Morgan fingerprint density at radius 2 is 1.74 bits per heavy atom. The van der Waals surface area contributed by atoms with Crippen molar-refractivity contribution in [3.8, 4) is 0 Å². The van der Waals surface area contributed by atoms with E-state index in [4.69, 9.17) is 9.68 Å². The van der Waals surface area contributed by atoms with Crippen LogP contribution in [0.25, 0.3) is 0 Å². The Morgan fingerprint density at radius 1 is 1.10 bits per heavy atom. The van der Waals surface area contributed by atoms with Crippen molar-refractivity contribution in [3.63, 3.8) is 0 Å². The molecule has 0 saturated carbocycles. The van der Waals surface area contributed by atoms with E-state index in [9.17, 15) is 4.79 Å². The molecule has 4 rings (SSSR count). The molecule has 0 unspecified atom stereocenters. The van der Waals surface area contributed by atoms with Crippen LogP contribution in [-0.4, -0.2) is 35.6 Å². The van der Waals surface area contributed by atoms with Crippen molar-refractivity contribution < 1.29 is 14.5 Å². The topological polar surface area (TPSA) is 63.2 Å². The van der Waals surface area contributed by atoms with Gasteiger partial charge in [0.25, 0.3) is 0 Å². The summed E-state index contributed by atoms with van der Waals surface area (Å²) in [7, 11) is 0. The van der Waals surface area contributed by atoms with Gasteiger partial charge in [-0.05, 0) is 63.4 Å². The molecule has 2 aromatic carbocycles. The summed E-state index contributed by atoms with van der Waals surface area (Å²) in [5.74, 6) is 0. The fourth-order valence-electron chi connectivity index (χ4n) is 3.88. The second kappa shape index (κ2) is 8.78. The van der Waals surface area contributed by atoms with Crippen LogP contribution in [-0.2, 0) is 15.1 Å². The predicted molar refractivity (Wildman–Crippen MR) is 130 cm³/mol. The van der Waals surface area contributed by atoms with Crippen molar-refractivity contribution in [2.45, 2.75) is 51.0 Å². The molecule has 1 N–H and O–H groups in total. The normalized spacial score (nSPS) is 18.4. The first-order chi connectivity index (χ1) is 14.7. The van der Waals surface area contributed by atoms with Crippen molar-refractivity contribution in [3.05, 3.63) is 63.2 Å². The number of piperidine rings is 1. The maximum atomic E-state index is 12.2. The van der Waals surface area contributed by atoms with Crippen LogP contribution in [0.3, 0.4) is 0 Å². The van der Waals surface area contributed by atoms with Crippen molar-refractivity contribution in [1.29, 1.82) is 0 Å². The highest BCUT2D eigenvalue weighted by Crippen LogP contribution is 2.36. The summed E-state index contributed by atoms with van der Waals surface area (Å²) >= 11 is 2.23. The van der Waals surface area contributed by atoms with Crippen LogP contribution in [0.5, 0.6) is 0 Å². The number of benzene rings is 2. The SMILES string of the molecule is CC(C)(C)c1ccc(C2=NOC3(CCN(OC(=O)Nc4ccc(I)cc4)CC3)C2)cc1. The first-order valence-corrected chi connectivity index (χ1v) is 11.7. The number of carbonyl (C=O) groups is 1. The van der Waals surface area contributed by atoms with Crippen LogP contribution < -0.4 is 5.32 Å². The minimum Gasteiger partial charge on any atom is -0.388 e. The van der Waals surface area contributed by atoms with Gasteiger partial charge in [-0.3, -0.25) is 5.32 Å². The molecular formula is C24H28IN3O3. The third-order valence-corrected chi connectivity index (χ3v) is 6.58. The summed E-state index contributed by atoms with van der Waals surface area (Å²) in [6.45, 7) is 7.87. The summed E-state index contributed by atoms with van der Waals surface area (Å²) in [5, 5.41) is 8.86. The van der Waals surface area contributed by atoms with E-state index < -0.39 is 6.09 Å². The van der Waals surface area contributed by atoms with Crippen LogP contribution in [0.4, 0.5) is 10.5 Å². The molecule has 0 atom stereocenters. The average molecular weight is 533 g/mol. The lowest BCUT2D eigenvalue weighted by molar-refractivity contribution is -0.154. The second-order valence-electron chi connectivity index (χ2n) is 9.26. The standard InChI is InChI=1S/C24H28IN3O3/c1-23(2,3)18-6-4-17(5-7-18)21-16-24(31-27-21)12-14-28(15-13-24)30-22(29)26-20-10-8-19(25)9-11-20/h4-11H,12-16H2,1-3H3,(H,26,29). The maximum Gasteiger partial charge on any atom is 0.430 e. The molecule has 31 heavy (non-hydrogen) atoms. The lowest BCUT2D eigenvalue weighted by atomic mass is 9.84. The number of anilines is 1. The molecule has 2 heterocycles. The first kappa shape index (κ1) is 22.1. The molecule has 2 aliphatic heterocycles. The molecule has 6 nitrogen and oxygen atoms in total. The highest BCUT2D eigenvalue weighted by Gasteiger charge is 2.43. The van der Waals surface area contributed by atoms with Crippen LogP contribution in [0.1, 0.15) is 51.2 Å². The van der Waals surface area contributed by atoms with Gasteiger partial charge in [0.15, 0.2) is 0 Å². The predicted octanol–water partition coefficient (Wildman–Crippen LogP) is 5.71. The molecule has 1 amide bonds. The fraction of sp³-hybridized carbons (Fsp3) is 0.417. The highest BCUT2D eigenvalue weighted by molar-refractivity contribution is 14.1. The Morgan fingerprint density at radius 3 is 2.35 bits per heavy atom. The van der Waals surface area contributed by atoms with Crippen LogP contribution in [0.2, 0.25) is 0 Å². The molecular weight excluding hydrogens is 505 g/mol. The Bertz CT molecular complexity index is 957. The van der Waals surface area contributed by atoms with Crippen LogP contribution in [0, 0.1) is 3.57 Å². The zero-order valence-corrected chi connectivity index (χ0v) is 20.3. The number of nitrogens with zero attached hydrogens (tertiary/aromatic N) is 2. The van der Waals surface area contributed by atoms with E-state index in [1.54, 1.807) is 5.06 Å². The number of oxime groups is 1. The lowest BCUT2D eigenvalue weighted by Gasteiger charge is -2.35. The van der Waals surface area contributed by atoms with Crippen molar-refractivity contribution in [1.82, 2.24) is 5.06 Å². The van der Waals surface area contributed by atoms with Crippen LogP contribution >= 0.6 is 22.6 Å². The van der Waals surface area contributed by atoms with Crippen molar-refractivity contribution in [2.24, 2.45) is 5.16 Å². The van der Waals surface area contributed by atoms with Gasteiger partial charge in [-0.25, -0.2) is 4.79 Å². The number of nitrogens with one attached hydrogen (secondary N) is 1. The van der Waals surface area contributed by atoms with Gasteiger partial charge in [0.1, 0.15) is 5.60 Å². The minimum atomic E-state index is -0.472. The Kier molecular flexibility index (Phi) is 6.25. The third kappa shape index (κ3) is 5.38. The van der Waals surface area contributed by atoms with E-state index in [2.05, 4.69) is 78.1 Å². The molecule has 164 valence electrons. The van der Waals surface area contributed by atoms with E-state index in [0.29, 0.717) is 18.8 Å². The minimum absolute atomic E-state index is 0.131. The number of amides is 1. The number of rotatable bonds is 3. The molecule has 0 aliphatic carbocycles. The molecule has 1 fully saturated rings. The number of halogens is 1. The number of hydroxylamine groups is 2. The Labute approximate surface area is 197 Å². The third-order valence-electron chi connectivity index (χ3n) is 5.86. The van der Waals surface area contributed by atoms with E-state index in [1.165, 1.54) is 5.56 Å². The van der Waals surface area contributed by atoms with Crippen molar-refractivity contribution in [2.75, 3.05) is 18.4 Å². The quantitative estimate of drug-likeness (QED) is 0.514. The van der Waals surface area contributed by atoms with Gasteiger partial charge in [-0.15, -0.1) is 5.06 Å². The summed E-state index contributed by atoms with van der Waals surface area (Å²) in [4.78, 5) is 23.6. The molecule has 2 aliphatic rings. The molecule has 1 saturated heterocycles. The average Bonchev–Trinajstić information content (AvgIpc) is 3.15. The van der Waals surface area contributed by atoms with Gasteiger partial charge in [-0.2, -0.15) is 0 Å². The smallest absolute Gasteiger partial charge is 0.388 e. The summed E-state index contributed by atoms with van der Waals surface area (Å²) in [5.41, 5.74) is 3.95. The summed E-state index contributed by atoms with van der Waals surface area (Å²) in [6, 6.07) is 16.2. The van der Waals surface area contributed by atoms with E-state index in [-0.39, 0.29) is 11.0 Å². The Balaban J connectivity index is 1.28. The molecule has 0 aromatic heterocycles. The summed E-state index contributed by atoms with van der Waals surface area (Å²) in [6.07, 6.45) is 1.83. The fourth-order valence-corrected chi connectivity index (χ4v) is 4.24. The number of carbonyl (C=O) groups excluding carboxylic acids is 1. The maximum absolute atomic E-state index is 12.2. The van der Waals surface area contributed by atoms with Gasteiger partial charge in [0, 0.05) is 41.6 Å². The van der Waals surface area contributed by atoms with Crippen molar-refractivity contribution >= 4 is 40.1 Å². The molecule has 0 bridgehead atoms. The molecule has 0 radical (unpaired) electrons. The van der Waals surface area contributed by atoms with E-state index in [0.717, 1.165) is 34.1 Å². The molecule has 1 spiro atoms. The van der Waals surface area contributed by atoms with E-state index >= 15 is 0 Å². The van der Waals surface area contributed by atoms with Gasteiger partial charge in [-0.1, -0.05) is 50.2 Å². The first-order valence-electron chi connectivity index (χ1n) is 10.6. The van der Waals surface area contributed by atoms with Crippen LogP contribution in [0.15, 0.2) is 53.7 Å².